The van der Waals surface area contributed by atoms with Gasteiger partial charge < -0.3 is 15.0 Å². The fourth-order valence-electron chi connectivity index (χ4n) is 4.56. The van der Waals surface area contributed by atoms with E-state index in [0.29, 0.717) is 24.5 Å². The standard InChI is InChI=1S/C22H25FN4O2/c1-13-7-20(26-21(8-13)29-16-4-3-15(23)9-16)27-12-22(5-6-22)17-11-24-19(10-18(17)27)25-14(2)28/h7-8,10-11,15-16H,3-6,9,12H2,1-2H3,(H,24,25,28). The second kappa shape index (κ2) is 6.68. The molecule has 7 heteroatoms. The molecule has 3 heterocycles. The number of hydrogen-bond acceptors (Lipinski definition) is 5. The predicted molar refractivity (Wildman–Crippen MR) is 109 cm³/mol. The minimum Gasteiger partial charge on any atom is -0.474 e. The molecule has 5 rings (SSSR count). The van der Waals surface area contributed by atoms with Crippen LogP contribution in [0.15, 0.2) is 24.4 Å². The third-order valence-electron chi connectivity index (χ3n) is 6.18. The molecule has 6 nitrogen and oxygen atoms in total. The molecule has 2 atom stereocenters. The SMILES string of the molecule is CC(=O)Nc1cc2c(cn1)C1(CC1)CN2c1cc(C)cc(OC2CCC(F)C2)n1. The lowest BCUT2D eigenvalue weighted by molar-refractivity contribution is -0.114. The van der Waals surface area contributed by atoms with E-state index in [9.17, 15) is 9.18 Å². The van der Waals surface area contributed by atoms with Crippen LogP contribution in [0.2, 0.25) is 0 Å². The van der Waals surface area contributed by atoms with Crippen molar-refractivity contribution in [1.82, 2.24) is 9.97 Å². The highest BCUT2D eigenvalue weighted by atomic mass is 19.1. The maximum Gasteiger partial charge on any atom is 0.222 e. The van der Waals surface area contributed by atoms with Gasteiger partial charge in [0, 0.05) is 49.2 Å². The number of nitrogens with one attached hydrogen (secondary N) is 1. The maximum absolute atomic E-state index is 13.5. The zero-order valence-corrected chi connectivity index (χ0v) is 16.7. The first kappa shape index (κ1) is 18.3. The molecule has 0 bridgehead atoms. The molecule has 1 N–H and O–H groups in total. The number of rotatable bonds is 4. The first-order chi connectivity index (χ1) is 13.9. The van der Waals surface area contributed by atoms with Gasteiger partial charge in [-0.1, -0.05) is 0 Å². The molecule has 0 aromatic carbocycles. The van der Waals surface area contributed by atoms with Crippen molar-refractivity contribution >= 4 is 23.2 Å². The van der Waals surface area contributed by atoms with Crippen LogP contribution in [0.25, 0.3) is 0 Å². The van der Waals surface area contributed by atoms with E-state index in [4.69, 9.17) is 9.72 Å². The number of pyridine rings is 2. The van der Waals surface area contributed by atoms with Crippen molar-refractivity contribution in [1.29, 1.82) is 0 Å². The summed E-state index contributed by atoms with van der Waals surface area (Å²) in [6.45, 7) is 4.34. The lowest BCUT2D eigenvalue weighted by atomic mass is 10.0. The van der Waals surface area contributed by atoms with E-state index < -0.39 is 6.17 Å². The number of carbonyl (C=O) groups excluding carboxylic acids is 1. The van der Waals surface area contributed by atoms with E-state index in [-0.39, 0.29) is 17.4 Å². The van der Waals surface area contributed by atoms with Gasteiger partial charge in [0.25, 0.3) is 0 Å². The van der Waals surface area contributed by atoms with Crippen molar-refractivity contribution in [2.24, 2.45) is 0 Å². The van der Waals surface area contributed by atoms with Crippen LogP contribution in [0, 0.1) is 6.92 Å². The van der Waals surface area contributed by atoms with Crippen molar-refractivity contribution in [2.75, 3.05) is 16.8 Å². The van der Waals surface area contributed by atoms with Gasteiger partial charge >= 0.3 is 0 Å². The fourth-order valence-corrected chi connectivity index (χ4v) is 4.56. The molecule has 2 unspecified atom stereocenters. The van der Waals surface area contributed by atoms with Crippen molar-refractivity contribution < 1.29 is 13.9 Å². The maximum atomic E-state index is 13.5. The molecule has 2 aromatic heterocycles. The molecule has 29 heavy (non-hydrogen) atoms. The van der Waals surface area contributed by atoms with Gasteiger partial charge in [0.1, 0.15) is 23.9 Å². The zero-order valence-electron chi connectivity index (χ0n) is 16.7. The Kier molecular flexibility index (Phi) is 4.22. The number of amides is 1. The highest BCUT2D eigenvalue weighted by Gasteiger charge is 2.52. The summed E-state index contributed by atoms with van der Waals surface area (Å²) in [6, 6.07) is 5.89. The molecule has 1 spiro atoms. The monoisotopic (exact) mass is 396 g/mol. The lowest BCUT2D eigenvalue weighted by Gasteiger charge is -2.21. The van der Waals surface area contributed by atoms with Crippen LogP contribution in [0.4, 0.5) is 21.7 Å². The lowest BCUT2D eigenvalue weighted by Crippen LogP contribution is -2.21. The predicted octanol–water partition coefficient (Wildman–Crippen LogP) is 4.20. The van der Waals surface area contributed by atoms with E-state index in [0.717, 1.165) is 42.9 Å². The van der Waals surface area contributed by atoms with Gasteiger partial charge in [0.15, 0.2) is 0 Å². The van der Waals surface area contributed by atoms with Crippen LogP contribution in [0.1, 0.15) is 50.2 Å². The molecule has 1 aliphatic heterocycles. The molecular weight excluding hydrogens is 371 g/mol. The summed E-state index contributed by atoms with van der Waals surface area (Å²) in [5.74, 6) is 1.77. The summed E-state index contributed by atoms with van der Waals surface area (Å²) in [5, 5.41) is 2.77. The normalized spacial score (nSPS) is 23.9. The highest BCUT2D eigenvalue weighted by Crippen LogP contribution is 2.58. The van der Waals surface area contributed by atoms with Crippen LogP contribution < -0.4 is 15.0 Å². The number of halogens is 1. The summed E-state index contributed by atoms with van der Waals surface area (Å²) >= 11 is 0. The number of fused-ring (bicyclic) bond motifs is 2. The summed E-state index contributed by atoms with van der Waals surface area (Å²) in [6.07, 6.45) is 5.00. The minimum absolute atomic E-state index is 0.108. The first-order valence-electron chi connectivity index (χ1n) is 10.3. The van der Waals surface area contributed by atoms with Gasteiger partial charge in [-0.15, -0.1) is 0 Å². The first-order valence-corrected chi connectivity index (χ1v) is 10.3. The highest BCUT2D eigenvalue weighted by molar-refractivity contribution is 5.89. The average Bonchev–Trinajstić information content (AvgIpc) is 3.21. The van der Waals surface area contributed by atoms with Gasteiger partial charge in [0.05, 0.1) is 5.69 Å². The molecule has 2 aromatic rings. The Morgan fingerprint density at radius 2 is 2.14 bits per heavy atom. The third-order valence-corrected chi connectivity index (χ3v) is 6.18. The van der Waals surface area contributed by atoms with Crippen molar-refractivity contribution in [3.63, 3.8) is 0 Å². The third kappa shape index (κ3) is 3.43. The number of alkyl halides is 1. The Balaban J connectivity index is 1.48. The van der Waals surface area contributed by atoms with Gasteiger partial charge in [-0.2, -0.15) is 4.98 Å². The van der Waals surface area contributed by atoms with E-state index in [1.807, 2.05) is 31.3 Å². The fraction of sp³-hybridized carbons (Fsp3) is 0.500. The summed E-state index contributed by atoms with van der Waals surface area (Å²) in [5.41, 5.74) is 3.44. The van der Waals surface area contributed by atoms with Crippen LogP contribution in [-0.2, 0) is 10.2 Å². The number of aryl methyl sites for hydroxylation is 1. The number of aromatic nitrogens is 2. The second-order valence-corrected chi connectivity index (χ2v) is 8.63. The average molecular weight is 396 g/mol. The van der Waals surface area contributed by atoms with Gasteiger partial charge in [-0.25, -0.2) is 9.37 Å². The van der Waals surface area contributed by atoms with Crippen LogP contribution in [0.3, 0.4) is 0 Å². The van der Waals surface area contributed by atoms with Crippen LogP contribution in [0.5, 0.6) is 5.88 Å². The molecule has 3 aliphatic rings. The minimum atomic E-state index is -0.774. The largest absolute Gasteiger partial charge is 0.474 e. The van der Waals surface area contributed by atoms with E-state index in [2.05, 4.69) is 15.2 Å². The number of hydrogen-bond donors (Lipinski definition) is 1. The van der Waals surface area contributed by atoms with Gasteiger partial charge in [0.2, 0.25) is 11.8 Å². The number of carbonyl (C=O) groups is 1. The smallest absolute Gasteiger partial charge is 0.222 e. The molecule has 0 saturated heterocycles. The second-order valence-electron chi connectivity index (χ2n) is 8.63. The topological polar surface area (TPSA) is 67.4 Å². The Morgan fingerprint density at radius 3 is 2.83 bits per heavy atom. The summed E-state index contributed by atoms with van der Waals surface area (Å²) < 4.78 is 19.5. The number of ether oxygens (including phenoxy) is 1. The molecule has 0 radical (unpaired) electrons. The van der Waals surface area contributed by atoms with Crippen LogP contribution >= 0.6 is 0 Å². The van der Waals surface area contributed by atoms with Gasteiger partial charge in [-0.05, 0) is 44.2 Å². The summed E-state index contributed by atoms with van der Waals surface area (Å²) in [7, 11) is 0. The Morgan fingerprint density at radius 1 is 1.31 bits per heavy atom. The van der Waals surface area contributed by atoms with Crippen molar-refractivity contribution in [2.45, 2.75) is 63.6 Å². The summed E-state index contributed by atoms with van der Waals surface area (Å²) in [4.78, 5) is 22.8. The Hall–Kier alpha value is -2.70. The van der Waals surface area contributed by atoms with Crippen molar-refractivity contribution in [3.8, 4) is 5.88 Å². The number of nitrogens with zero attached hydrogens (tertiary/aromatic N) is 3. The van der Waals surface area contributed by atoms with E-state index >= 15 is 0 Å². The number of anilines is 3. The van der Waals surface area contributed by atoms with Crippen LogP contribution in [-0.4, -0.2) is 34.7 Å². The quantitative estimate of drug-likeness (QED) is 0.839. The van der Waals surface area contributed by atoms with E-state index in [1.54, 1.807) is 0 Å². The molecule has 2 aliphatic carbocycles. The zero-order chi connectivity index (χ0) is 20.2. The molecule has 152 valence electrons. The van der Waals surface area contributed by atoms with Gasteiger partial charge in [-0.3, -0.25) is 4.79 Å². The molecule has 2 saturated carbocycles. The molecule has 2 fully saturated rings. The Labute approximate surface area is 169 Å². The Bertz CT molecular complexity index is 975. The van der Waals surface area contributed by atoms with Crippen molar-refractivity contribution in [3.05, 3.63) is 35.5 Å². The molecule has 1 amide bonds. The molecular formula is C22H25FN4O2. The van der Waals surface area contributed by atoms with E-state index in [1.165, 1.54) is 12.5 Å².